The predicted octanol–water partition coefficient (Wildman–Crippen LogP) is 2.19. The van der Waals surface area contributed by atoms with Gasteiger partial charge in [0.05, 0.1) is 11.8 Å². The summed E-state index contributed by atoms with van der Waals surface area (Å²) >= 11 is 0. The maximum Gasteiger partial charge on any atom is 0.437 e. The molecular weight excluding hydrogens is 298 g/mol. The van der Waals surface area contributed by atoms with Crippen molar-refractivity contribution in [3.63, 3.8) is 0 Å². The van der Waals surface area contributed by atoms with Gasteiger partial charge in [-0.05, 0) is 46.1 Å². The molecule has 7 nitrogen and oxygen atoms in total. The normalized spacial score (nSPS) is 21.6. The third-order valence-corrected chi connectivity index (χ3v) is 4.46. The quantitative estimate of drug-likeness (QED) is 0.866. The van der Waals surface area contributed by atoms with Crippen LogP contribution in [0.5, 0.6) is 0 Å². The van der Waals surface area contributed by atoms with Gasteiger partial charge >= 0.3 is 5.76 Å². The maximum absolute atomic E-state index is 12.6. The van der Waals surface area contributed by atoms with Crippen molar-refractivity contribution in [1.82, 2.24) is 14.7 Å². The molecule has 0 spiro atoms. The van der Waals surface area contributed by atoms with E-state index in [1.54, 1.807) is 13.0 Å². The molecule has 3 rings (SSSR count). The van der Waals surface area contributed by atoms with Gasteiger partial charge < -0.3 is 13.7 Å². The van der Waals surface area contributed by atoms with Crippen LogP contribution < -0.4 is 5.76 Å². The molecule has 0 unspecified atom stereocenters. The Morgan fingerprint density at radius 1 is 1.35 bits per heavy atom. The minimum absolute atomic E-state index is 0.101. The van der Waals surface area contributed by atoms with E-state index in [1.807, 2.05) is 18.7 Å². The molecule has 0 aromatic carbocycles. The molecule has 0 radical (unpaired) electrons. The minimum atomic E-state index is -0.633. The van der Waals surface area contributed by atoms with Gasteiger partial charge in [0.1, 0.15) is 12.3 Å². The Morgan fingerprint density at radius 2 is 2.04 bits per heavy atom. The molecule has 1 saturated heterocycles. The van der Waals surface area contributed by atoms with Gasteiger partial charge in [0.25, 0.3) is 5.89 Å². The zero-order chi connectivity index (χ0) is 16.6. The number of hydrogen-bond donors (Lipinski definition) is 0. The minimum Gasteiger partial charge on any atom is -0.469 e. The van der Waals surface area contributed by atoms with E-state index in [0.717, 1.165) is 23.9 Å². The van der Waals surface area contributed by atoms with Crippen LogP contribution in [0.3, 0.4) is 0 Å². The van der Waals surface area contributed by atoms with Crippen LogP contribution in [-0.2, 0) is 11.3 Å². The Morgan fingerprint density at radius 3 is 2.65 bits per heavy atom. The smallest absolute Gasteiger partial charge is 0.437 e. The number of hydrogen-bond acceptors (Lipinski definition) is 5. The highest BCUT2D eigenvalue weighted by Crippen LogP contribution is 2.23. The Bertz CT molecular complexity index is 747. The number of piperidine rings is 1. The lowest BCUT2D eigenvalue weighted by molar-refractivity contribution is -0.138. The Hall–Kier alpha value is -2.31. The van der Waals surface area contributed by atoms with Crippen LogP contribution in [0.2, 0.25) is 0 Å². The zero-order valence-electron chi connectivity index (χ0n) is 13.6. The van der Waals surface area contributed by atoms with Crippen LogP contribution in [0.4, 0.5) is 0 Å². The molecular formula is C16H21N3O4. The fourth-order valence-corrected chi connectivity index (χ4v) is 3.24. The molecule has 0 N–H and O–H groups in total. The first-order chi connectivity index (χ1) is 11.0. The highest BCUT2D eigenvalue weighted by atomic mass is 16.4. The van der Waals surface area contributed by atoms with Crippen molar-refractivity contribution in [1.29, 1.82) is 0 Å². The molecule has 23 heavy (non-hydrogen) atoms. The summed E-state index contributed by atoms with van der Waals surface area (Å²) in [5.41, 5.74) is 0.619. The molecule has 0 saturated carbocycles. The van der Waals surface area contributed by atoms with Crippen molar-refractivity contribution < 1.29 is 13.6 Å². The topological polar surface area (TPSA) is 81.5 Å². The van der Waals surface area contributed by atoms with E-state index >= 15 is 0 Å². The third kappa shape index (κ3) is 2.95. The molecule has 3 heterocycles. The Kier molecular flexibility index (Phi) is 4.11. The first-order valence-electron chi connectivity index (χ1n) is 7.91. The molecule has 2 aromatic heterocycles. The lowest BCUT2D eigenvalue weighted by atomic mass is 9.97. The number of carbonyl (C=O) groups is 1. The van der Waals surface area contributed by atoms with Crippen LogP contribution in [0, 0.1) is 6.92 Å². The van der Waals surface area contributed by atoms with Crippen LogP contribution >= 0.6 is 0 Å². The lowest BCUT2D eigenvalue weighted by Crippen LogP contribution is -2.49. The van der Waals surface area contributed by atoms with E-state index in [9.17, 15) is 9.59 Å². The van der Waals surface area contributed by atoms with Gasteiger partial charge in [-0.15, -0.1) is 5.10 Å². The molecule has 1 fully saturated rings. The van der Waals surface area contributed by atoms with Crippen LogP contribution in [0.15, 0.2) is 26.0 Å². The second kappa shape index (κ2) is 6.06. The van der Waals surface area contributed by atoms with E-state index in [4.69, 9.17) is 8.83 Å². The third-order valence-electron chi connectivity index (χ3n) is 4.46. The highest BCUT2D eigenvalue weighted by Gasteiger charge is 2.29. The highest BCUT2D eigenvalue weighted by molar-refractivity contribution is 5.76. The van der Waals surface area contributed by atoms with Gasteiger partial charge in [-0.1, -0.05) is 0 Å². The zero-order valence-corrected chi connectivity index (χ0v) is 13.6. The summed E-state index contributed by atoms with van der Waals surface area (Å²) in [5.74, 6) is 0.0543. The van der Waals surface area contributed by atoms with Crippen LogP contribution in [0.1, 0.15) is 38.9 Å². The fraction of sp³-hybridized carbons (Fsp3) is 0.562. The summed E-state index contributed by atoms with van der Waals surface area (Å²) in [7, 11) is 0. The van der Waals surface area contributed by atoms with Crippen molar-refractivity contribution in [2.45, 2.75) is 58.7 Å². The number of furan rings is 1. The Labute approximate surface area is 133 Å². The summed E-state index contributed by atoms with van der Waals surface area (Å²) in [5, 5.41) is 4.13. The standard InChI is InChI=1S/C16H21N3O4/c1-10-5-4-6-11(2)19(10)14(20)9-18-16(21)23-15(17-18)13-7-8-22-12(13)3/h7-8,10-11H,4-6,9H2,1-3H3/t10-,11-/m1/s1. The van der Waals surface area contributed by atoms with E-state index in [1.165, 1.54) is 6.26 Å². The summed E-state index contributed by atoms with van der Waals surface area (Å²) < 4.78 is 11.4. The number of likely N-dealkylation sites (tertiary alicyclic amines) is 1. The van der Waals surface area contributed by atoms with Crippen molar-refractivity contribution in [2.75, 3.05) is 0 Å². The van der Waals surface area contributed by atoms with Crippen LogP contribution in [0.25, 0.3) is 11.5 Å². The molecule has 0 bridgehead atoms. The van der Waals surface area contributed by atoms with E-state index in [2.05, 4.69) is 5.10 Å². The largest absolute Gasteiger partial charge is 0.469 e. The summed E-state index contributed by atoms with van der Waals surface area (Å²) in [6, 6.07) is 2.05. The van der Waals surface area contributed by atoms with Gasteiger partial charge in [-0.25, -0.2) is 4.79 Å². The number of rotatable bonds is 3. The summed E-state index contributed by atoms with van der Waals surface area (Å²) in [6.07, 6.45) is 4.61. The van der Waals surface area contributed by atoms with Crippen molar-refractivity contribution in [2.24, 2.45) is 0 Å². The van der Waals surface area contributed by atoms with Gasteiger partial charge in [-0.2, -0.15) is 4.68 Å². The van der Waals surface area contributed by atoms with Gasteiger partial charge in [0.15, 0.2) is 0 Å². The molecule has 1 amide bonds. The second-order valence-corrected chi connectivity index (χ2v) is 6.15. The molecule has 1 aliphatic rings. The average Bonchev–Trinajstić information content (AvgIpc) is 3.05. The first-order valence-corrected chi connectivity index (χ1v) is 7.91. The monoisotopic (exact) mass is 319 g/mol. The maximum atomic E-state index is 12.6. The molecule has 1 aliphatic heterocycles. The number of nitrogens with zero attached hydrogens (tertiary/aromatic N) is 3. The SMILES string of the molecule is Cc1occc1-c1nn(CC(=O)N2[C@H](C)CCC[C@H]2C)c(=O)o1. The van der Waals surface area contributed by atoms with Crippen molar-refractivity contribution in [3.8, 4) is 11.5 Å². The van der Waals surface area contributed by atoms with Crippen molar-refractivity contribution >= 4 is 5.91 Å². The molecule has 124 valence electrons. The number of amides is 1. The average molecular weight is 319 g/mol. The van der Waals surface area contributed by atoms with E-state index < -0.39 is 5.76 Å². The molecule has 7 heteroatoms. The Balaban J connectivity index is 1.80. The second-order valence-electron chi connectivity index (χ2n) is 6.15. The van der Waals surface area contributed by atoms with Crippen LogP contribution in [-0.4, -0.2) is 32.7 Å². The molecule has 0 aliphatic carbocycles. The van der Waals surface area contributed by atoms with Gasteiger partial charge in [-0.3, -0.25) is 4.79 Å². The van der Waals surface area contributed by atoms with E-state index in [0.29, 0.717) is 11.3 Å². The van der Waals surface area contributed by atoms with E-state index in [-0.39, 0.29) is 30.4 Å². The molecule has 2 atom stereocenters. The number of aromatic nitrogens is 2. The lowest BCUT2D eigenvalue weighted by Gasteiger charge is -2.38. The predicted molar refractivity (Wildman–Crippen MR) is 82.8 cm³/mol. The number of carbonyl (C=O) groups excluding carboxylic acids is 1. The first kappa shape index (κ1) is 15.6. The fourth-order valence-electron chi connectivity index (χ4n) is 3.24. The van der Waals surface area contributed by atoms with Crippen molar-refractivity contribution in [3.05, 3.63) is 28.6 Å². The van der Waals surface area contributed by atoms with Gasteiger partial charge in [0, 0.05) is 12.1 Å². The van der Waals surface area contributed by atoms with Gasteiger partial charge in [0.2, 0.25) is 5.91 Å². The summed E-state index contributed by atoms with van der Waals surface area (Å²) in [4.78, 5) is 26.4. The number of aryl methyl sites for hydroxylation is 1. The molecule has 2 aromatic rings. The summed E-state index contributed by atoms with van der Waals surface area (Å²) in [6.45, 7) is 5.74.